The molecule has 0 spiro atoms. The maximum atomic E-state index is 11.3. The predicted octanol–water partition coefficient (Wildman–Crippen LogP) is 1.46. The second-order valence-electron chi connectivity index (χ2n) is 5.87. The first-order chi connectivity index (χ1) is 7.90. The van der Waals surface area contributed by atoms with Gasteiger partial charge in [-0.15, -0.1) is 0 Å². The van der Waals surface area contributed by atoms with Gasteiger partial charge in [0.2, 0.25) is 0 Å². The van der Waals surface area contributed by atoms with Crippen molar-refractivity contribution < 1.29 is 4.21 Å². The number of rotatable bonds is 5. The fourth-order valence-corrected chi connectivity index (χ4v) is 3.60. The molecule has 3 nitrogen and oxygen atoms in total. The average Bonchev–Trinajstić information content (AvgIpc) is 2.19. The Kier molecular flexibility index (Phi) is 6.10. The molecule has 4 unspecified atom stereocenters. The molecular formula is C13H28N2OS. The van der Waals surface area contributed by atoms with Crippen LogP contribution in [0.25, 0.3) is 0 Å². The molecule has 1 heterocycles. The Labute approximate surface area is 109 Å². The monoisotopic (exact) mass is 260 g/mol. The topological polar surface area (TPSA) is 32.3 Å². The van der Waals surface area contributed by atoms with Crippen LogP contribution in [0.15, 0.2) is 0 Å². The molecular weight excluding hydrogens is 232 g/mol. The Morgan fingerprint density at radius 3 is 2.59 bits per heavy atom. The van der Waals surface area contributed by atoms with Crippen LogP contribution in [0, 0.1) is 5.92 Å². The summed E-state index contributed by atoms with van der Waals surface area (Å²) in [6.07, 6.45) is 3.03. The van der Waals surface area contributed by atoms with E-state index in [1.807, 2.05) is 0 Å². The van der Waals surface area contributed by atoms with Crippen molar-refractivity contribution in [2.24, 2.45) is 5.92 Å². The highest BCUT2D eigenvalue weighted by Crippen LogP contribution is 2.16. The molecule has 0 radical (unpaired) electrons. The lowest BCUT2D eigenvalue weighted by atomic mass is 9.99. The van der Waals surface area contributed by atoms with Gasteiger partial charge in [-0.05, 0) is 26.2 Å². The molecule has 0 aromatic heterocycles. The van der Waals surface area contributed by atoms with E-state index in [9.17, 15) is 4.21 Å². The lowest BCUT2D eigenvalue weighted by Crippen LogP contribution is -2.59. The van der Waals surface area contributed by atoms with E-state index in [0.29, 0.717) is 18.1 Å². The van der Waals surface area contributed by atoms with Crippen LogP contribution in [-0.2, 0) is 10.8 Å². The first-order valence-electron chi connectivity index (χ1n) is 6.69. The SMILES string of the molecule is CC(C)CC1CN(C(C)CS(C)=O)C(C)CN1. The summed E-state index contributed by atoms with van der Waals surface area (Å²) in [7, 11) is -0.696. The van der Waals surface area contributed by atoms with Crippen LogP contribution in [0.5, 0.6) is 0 Å². The quantitative estimate of drug-likeness (QED) is 0.812. The summed E-state index contributed by atoms with van der Waals surface area (Å²) in [4.78, 5) is 2.52. The minimum absolute atomic E-state index is 0.424. The summed E-state index contributed by atoms with van der Waals surface area (Å²) < 4.78 is 11.3. The third-order valence-corrected chi connectivity index (χ3v) is 4.45. The summed E-state index contributed by atoms with van der Waals surface area (Å²) in [6.45, 7) is 11.2. The second kappa shape index (κ2) is 6.86. The minimum Gasteiger partial charge on any atom is -0.311 e. The van der Waals surface area contributed by atoms with Crippen molar-refractivity contribution in [1.29, 1.82) is 0 Å². The van der Waals surface area contributed by atoms with Gasteiger partial charge in [0, 0.05) is 54.0 Å². The van der Waals surface area contributed by atoms with Crippen molar-refractivity contribution >= 4 is 10.8 Å². The van der Waals surface area contributed by atoms with Crippen molar-refractivity contribution in [2.45, 2.75) is 52.2 Å². The molecule has 1 N–H and O–H groups in total. The Hall–Kier alpha value is 0.0700. The first-order valence-corrected chi connectivity index (χ1v) is 8.42. The van der Waals surface area contributed by atoms with Crippen molar-refractivity contribution in [3.8, 4) is 0 Å². The van der Waals surface area contributed by atoms with E-state index in [-0.39, 0.29) is 0 Å². The summed E-state index contributed by atoms with van der Waals surface area (Å²) in [6, 6.07) is 1.57. The number of nitrogens with zero attached hydrogens (tertiary/aromatic N) is 1. The van der Waals surface area contributed by atoms with Crippen LogP contribution in [0.3, 0.4) is 0 Å². The maximum absolute atomic E-state index is 11.3. The van der Waals surface area contributed by atoms with Gasteiger partial charge in [-0.25, -0.2) is 0 Å². The fourth-order valence-electron chi connectivity index (χ4n) is 2.73. The molecule has 0 amide bonds. The van der Waals surface area contributed by atoms with Crippen LogP contribution in [-0.4, -0.2) is 52.3 Å². The van der Waals surface area contributed by atoms with Crippen LogP contribution in [0.1, 0.15) is 34.1 Å². The van der Waals surface area contributed by atoms with Crippen molar-refractivity contribution in [1.82, 2.24) is 10.2 Å². The lowest BCUT2D eigenvalue weighted by Gasteiger charge is -2.42. The van der Waals surface area contributed by atoms with Crippen molar-refractivity contribution in [3.63, 3.8) is 0 Å². The molecule has 17 heavy (non-hydrogen) atoms. The molecule has 0 aliphatic carbocycles. The van der Waals surface area contributed by atoms with Gasteiger partial charge in [0.15, 0.2) is 0 Å². The molecule has 0 saturated carbocycles. The number of hydrogen-bond acceptors (Lipinski definition) is 3. The summed E-state index contributed by atoms with van der Waals surface area (Å²) in [5.41, 5.74) is 0. The number of piperazine rings is 1. The van der Waals surface area contributed by atoms with E-state index >= 15 is 0 Å². The predicted molar refractivity (Wildman–Crippen MR) is 75.8 cm³/mol. The molecule has 0 aromatic carbocycles. The van der Waals surface area contributed by atoms with Crippen molar-refractivity contribution in [3.05, 3.63) is 0 Å². The van der Waals surface area contributed by atoms with Crippen LogP contribution >= 0.6 is 0 Å². The third kappa shape index (κ3) is 5.06. The van der Waals surface area contributed by atoms with Gasteiger partial charge in [0.25, 0.3) is 0 Å². The van der Waals surface area contributed by atoms with E-state index in [0.717, 1.165) is 24.8 Å². The second-order valence-corrected chi connectivity index (χ2v) is 7.35. The Morgan fingerprint density at radius 1 is 1.41 bits per heavy atom. The Bertz CT molecular complexity index is 258. The standard InChI is InChI=1S/C13H28N2OS/c1-10(2)6-13-8-15(11(3)7-14-13)12(4)9-17(5)16/h10-14H,6-9H2,1-5H3. The zero-order valence-electron chi connectivity index (χ0n) is 11.9. The molecule has 4 atom stereocenters. The molecule has 0 bridgehead atoms. The summed E-state index contributed by atoms with van der Waals surface area (Å²) >= 11 is 0. The Balaban J connectivity index is 2.53. The van der Waals surface area contributed by atoms with Crippen molar-refractivity contribution in [2.75, 3.05) is 25.1 Å². The van der Waals surface area contributed by atoms with E-state index in [1.54, 1.807) is 6.26 Å². The molecule has 1 rings (SSSR count). The van der Waals surface area contributed by atoms with Crippen LogP contribution in [0.2, 0.25) is 0 Å². The average molecular weight is 260 g/mol. The molecule has 1 fully saturated rings. The van der Waals surface area contributed by atoms with Crippen LogP contribution in [0.4, 0.5) is 0 Å². The van der Waals surface area contributed by atoms with E-state index in [2.05, 4.69) is 37.9 Å². The molecule has 1 aliphatic rings. The minimum atomic E-state index is -0.696. The summed E-state index contributed by atoms with van der Waals surface area (Å²) in [5, 5.41) is 3.62. The molecule has 0 aromatic rings. The first kappa shape index (κ1) is 15.1. The van der Waals surface area contributed by atoms with Gasteiger partial charge in [-0.3, -0.25) is 9.11 Å². The fraction of sp³-hybridized carbons (Fsp3) is 1.00. The van der Waals surface area contributed by atoms with Gasteiger partial charge >= 0.3 is 0 Å². The largest absolute Gasteiger partial charge is 0.311 e. The third-order valence-electron chi connectivity index (χ3n) is 3.50. The van der Waals surface area contributed by atoms with E-state index in [4.69, 9.17) is 0 Å². The lowest BCUT2D eigenvalue weighted by molar-refractivity contribution is 0.102. The normalized spacial score (nSPS) is 30.5. The van der Waals surface area contributed by atoms with Gasteiger partial charge in [-0.2, -0.15) is 0 Å². The number of nitrogens with one attached hydrogen (secondary N) is 1. The summed E-state index contributed by atoms with van der Waals surface area (Å²) in [5.74, 6) is 1.53. The smallest absolute Gasteiger partial charge is 0.0385 e. The van der Waals surface area contributed by atoms with Gasteiger partial charge < -0.3 is 5.32 Å². The highest BCUT2D eigenvalue weighted by atomic mass is 32.2. The zero-order valence-corrected chi connectivity index (χ0v) is 12.7. The molecule has 102 valence electrons. The highest BCUT2D eigenvalue weighted by molar-refractivity contribution is 7.84. The number of hydrogen-bond donors (Lipinski definition) is 1. The van der Waals surface area contributed by atoms with Gasteiger partial charge in [0.1, 0.15) is 0 Å². The Morgan fingerprint density at radius 2 is 2.06 bits per heavy atom. The van der Waals surface area contributed by atoms with E-state index in [1.165, 1.54) is 6.42 Å². The molecule has 4 heteroatoms. The van der Waals surface area contributed by atoms with Gasteiger partial charge in [-0.1, -0.05) is 13.8 Å². The molecule has 1 saturated heterocycles. The zero-order chi connectivity index (χ0) is 13.0. The highest BCUT2D eigenvalue weighted by Gasteiger charge is 2.28. The molecule has 1 aliphatic heterocycles. The maximum Gasteiger partial charge on any atom is 0.0385 e. The van der Waals surface area contributed by atoms with Gasteiger partial charge in [0.05, 0.1) is 0 Å². The van der Waals surface area contributed by atoms with E-state index < -0.39 is 10.8 Å². The van der Waals surface area contributed by atoms with Crippen LogP contribution < -0.4 is 5.32 Å².